The molecule has 0 radical (unpaired) electrons. The van der Waals surface area contributed by atoms with E-state index in [-0.39, 0.29) is 23.5 Å². The van der Waals surface area contributed by atoms with Crippen LogP contribution in [0.2, 0.25) is 0 Å². The van der Waals surface area contributed by atoms with E-state index in [0.717, 1.165) is 18.9 Å². The Balaban J connectivity index is 1.71. The number of sulfone groups is 1. The molecule has 1 aromatic heterocycles. The quantitative estimate of drug-likeness (QED) is 0.816. The van der Waals surface area contributed by atoms with E-state index in [9.17, 15) is 13.2 Å². The summed E-state index contributed by atoms with van der Waals surface area (Å²) in [5, 5.41) is 0. The van der Waals surface area contributed by atoms with Crippen LogP contribution in [0.25, 0.3) is 0 Å². The van der Waals surface area contributed by atoms with Gasteiger partial charge in [0.1, 0.15) is 5.82 Å². The van der Waals surface area contributed by atoms with Crippen LogP contribution in [0.15, 0.2) is 18.3 Å². The van der Waals surface area contributed by atoms with E-state index in [1.807, 2.05) is 19.1 Å². The fourth-order valence-electron chi connectivity index (χ4n) is 3.85. The van der Waals surface area contributed by atoms with E-state index in [1.54, 1.807) is 11.1 Å². The summed E-state index contributed by atoms with van der Waals surface area (Å²) < 4.78 is 23.4. The zero-order valence-corrected chi connectivity index (χ0v) is 15.8. The minimum Gasteiger partial charge on any atom is -0.356 e. The zero-order valence-electron chi connectivity index (χ0n) is 15.0. The lowest BCUT2D eigenvalue weighted by Gasteiger charge is -2.32. The summed E-state index contributed by atoms with van der Waals surface area (Å²) in [6, 6.07) is 3.51. The number of piperidine rings is 1. The van der Waals surface area contributed by atoms with Gasteiger partial charge in [-0.25, -0.2) is 13.4 Å². The number of carbonyl (C=O) groups excluding carboxylic acids is 1. The summed E-state index contributed by atoms with van der Waals surface area (Å²) in [6.07, 6.45) is 4.58. The van der Waals surface area contributed by atoms with Gasteiger partial charge in [-0.2, -0.15) is 0 Å². The molecule has 6 nitrogen and oxygen atoms in total. The van der Waals surface area contributed by atoms with Crippen molar-refractivity contribution >= 4 is 21.6 Å². The molecule has 25 heavy (non-hydrogen) atoms. The molecule has 0 aliphatic carbocycles. The van der Waals surface area contributed by atoms with Crippen LogP contribution >= 0.6 is 0 Å². The van der Waals surface area contributed by atoms with Crippen LogP contribution in [-0.2, 0) is 9.84 Å². The van der Waals surface area contributed by atoms with E-state index in [1.165, 1.54) is 12.8 Å². The molecule has 2 saturated heterocycles. The van der Waals surface area contributed by atoms with E-state index in [0.29, 0.717) is 24.4 Å². The number of nitrogens with zero attached hydrogens (tertiary/aromatic N) is 3. The summed E-state index contributed by atoms with van der Waals surface area (Å²) in [6.45, 7) is 6.65. The topological polar surface area (TPSA) is 70.6 Å². The van der Waals surface area contributed by atoms with Gasteiger partial charge in [0.05, 0.1) is 17.1 Å². The van der Waals surface area contributed by atoms with Crippen LogP contribution < -0.4 is 4.90 Å². The third-order valence-electron chi connectivity index (χ3n) is 5.23. The first-order chi connectivity index (χ1) is 11.9. The van der Waals surface area contributed by atoms with Gasteiger partial charge in [-0.15, -0.1) is 0 Å². The maximum absolute atomic E-state index is 12.8. The van der Waals surface area contributed by atoms with E-state index in [2.05, 4.69) is 16.8 Å². The van der Waals surface area contributed by atoms with E-state index >= 15 is 0 Å². The van der Waals surface area contributed by atoms with Crippen molar-refractivity contribution in [2.75, 3.05) is 36.0 Å². The van der Waals surface area contributed by atoms with Gasteiger partial charge in [-0.1, -0.05) is 6.92 Å². The third-order valence-corrected chi connectivity index (χ3v) is 6.98. The number of carbonyl (C=O) groups is 1. The number of rotatable bonds is 4. The largest absolute Gasteiger partial charge is 0.356 e. The summed E-state index contributed by atoms with van der Waals surface area (Å²) in [4.78, 5) is 21.2. The maximum Gasteiger partial charge on any atom is 0.255 e. The fraction of sp³-hybridized carbons (Fsp3) is 0.667. The van der Waals surface area contributed by atoms with Gasteiger partial charge in [-0.05, 0) is 44.2 Å². The van der Waals surface area contributed by atoms with Crippen LogP contribution in [0.1, 0.15) is 43.5 Å². The van der Waals surface area contributed by atoms with Crippen LogP contribution in [0.4, 0.5) is 5.82 Å². The molecule has 0 bridgehead atoms. The molecule has 3 rings (SSSR count). The van der Waals surface area contributed by atoms with E-state index < -0.39 is 9.84 Å². The second-order valence-electron chi connectivity index (χ2n) is 7.25. The normalized spacial score (nSPS) is 25.8. The minimum absolute atomic E-state index is 0.0732. The molecular formula is C18H27N3O3S. The minimum atomic E-state index is -3.01. The van der Waals surface area contributed by atoms with Gasteiger partial charge < -0.3 is 9.80 Å². The lowest BCUT2D eigenvalue weighted by Crippen LogP contribution is -2.41. The smallest absolute Gasteiger partial charge is 0.255 e. The lowest BCUT2D eigenvalue weighted by atomic mass is 10.0. The first kappa shape index (κ1) is 18.2. The molecule has 2 atom stereocenters. The van der Waals surface area contributed by atoms with Gasteiger partial charge in [0.2, 0.25) is 0 Å². The molecule has 2 aliphatic heterocycles. The van der Waals surface area contributed by atoms with Gasteiger partial charge >= 0.3 is 0 Å². The first-order valence-corrected chi connectivity index (χ1v) is 10.9. The third kappa shape index (κ3) is 4.14. The highest BCUT2D eigenvalue weighted by molar-refractivity contribution is 7.91. The van der Waals surface area contributed by atoms with Crippen LogP contribution in [0.5, 0.6) is 0 Å². The number of pyridine rings is 1. The van der Waals surface area contributed by atoms with Crippen molar-refractivity contribution in [3.8, 4) is 0 Å². The van der Waals surface area contributed by atoms with Gasteiger partial charge in [0.15, 0.2) is 9.84 Å². The summed E-state index contributed by atoms with van der Waals surface area (Å²) in [7, 11) is -3.01. The number of anilines is 1. The molecule has 0 aromatic carbocycles. The molecule has 138 valence electrons. The first-order valence-electron chi connectivity index (χ1n) is 9.12. The monoisotopic (exact) mass is 365 g/mol. The number of hydrogen-bond donors (Lipinski definition) is 0. The second kappa shape index (κ2) is 7.32. The van der Waals surface area contributed by atoms with Crippen molar-refractivity contribution in [2.45, 2.75) is 39.2 Å². The van der Waals surface area contributed by atoms with Crippen molar-refractivity contribution in [3.05, 3.63) is 23.9 Å². The molecule has 2 fully saturated rings. The standard InChI is InChI=1S/C18H27N3O3S/c1-3-21(16-8-10-25(23,24)13-16)18(22)15-6-7-17(19-11-15)20-9-4-5-14(2)12-20/h6-7,11,14,16H,3-5,8-10,12-13H2,1-2H3. The molecule has 7 heteroatoms. The molecule has 0 N–H and O–H groups in total. The predicted octanol–water partition coefficient (Wildman–Crippen LogP) is 1.97. The van der Waals surface area contributed by atoms with Crippen molar-refractivity contribution < 1.29 is 13.2 Å². The predicted molar refractivity (Wildman–Crippen MR) is 98.6 cm³/mol. The van der Waals surface area contributed by atoms with Crippen LogP contribution in [0.3, 0.4) is 0 Å². The molecule has 0 spiro atoms. The molecule has 2 unspecified atom stereocenters. The van der Waals surface area contributed by atoms with Crippen molar-refractivity contribution in [1.29, 1.82) is 0 Å². The number of hydrogen-bond acceptors (Lipinski definition) is 5. The average molecular weight is 365 g/mol. The Hall–Kier alpha value is -1.63. The Kier molecular flexibility index (Phi) is 5.32. The van der Waals surface area contributed by atoms with E-state index in [4.69, 9.17) is 0 Å². The van der Waals surface area contributed by atoms with Crippen molar-refractivity contribution in [3.63, 3.8) is 0 Å². The van der Waals surface area contributed by atoms with Gasteiger partial charge in [-0.3, -0.25) is 4.79 Å². The highest BCUT2D eigenvalue weighted by Crippen LogP contribution is 2.23. The fourth-order valence-corrected chi connectivity index (χ4v) is 5.58. The highest BCUT2D eigenvalue weighted by Gasteiger charge is 2.34. The second-order valence-corrected chi connectivity index (χ2v) is 9.48. The van der Waals surface area contributed by atoms with Gasteiger partial charge in [0.25, 0.3) is 5.91 Å². The summed E-state index contributed by atoms with van der Waals surface area (Å²) in [5.41, 5.74) is 0.528. The summed E-state index contributed by atoms with van der Waals surface area (Å²) >= 11 is 0. The Morgan fingerprint density at radius 2 is 2.16 bits per heavy atom. The van der Waals surface area contributed by atoms with Crippen LogP contribution in [-0.4, -0.2) is 61.4 Å². The number of amides is 1. The number of aromatic nitrogens is 1. The average Bonchev–Trinajstić information content (AvgIpc) is 2.95. The maximum atomic E-state index is 12.8. The Labute approximate surface area is 150 Å². The Morgan fingerprint density at radius 1 is 1.36 bits per heavy atom. The Bertz CT molecular complexity index is 718. The molecule has 3 heterocycles. The van der Waals surface area contributed by atoms with Crippen molar-refractivity contribution in [2.24, 2.45) is 5.92 Å². The lowest BCUT2D eigenvalue weighted by molar-refractivity contribution is 0.0708. The summed E-state index contributed by atoms with van der Waals surface area (Å²) in [5.74, 6) is 1.69. The van der Waals surface area contributed by atoms with Crippen LogP contribution in [0, 0.1) is 5.92 Å². The molecule has 0 saturated carbocycles. The van der Waals surface area contributed by atoms with Crippen molar-refractivity contribution in [1.82, 2.24) is 9.88 Å². The molecule has 1 amide bonds. The zero-order chi connectivity index (χ0) is 18.0. The molecular weight excluding hydrogens is 338 g/mol. The molecule has 2 aliphatic rings. The molecule has 1 aromatic rings. The highest BCUT2D eigenvalue weighted by atomic mass is 32.2. The Morgan fingerprint density at radius 3 is 2.72 bits per heavy atom. The SMILES string of the molecule is CCN(C(=O)c1ccc(N2CCCC(C)C2)nc1)C1CCS(=O)(=O)C1. The van der Waals surface area contributed by atoms with Gasteiger partial charge in [0, 0.05) is 31.9 Å².